The van der Waals surface area contributed by atoms with Crippen LogP contribution in [-0.2, 0) is 10.0 Å². The largest absolute Gasteiger partial charge is 0.492 e. The molecule has 1 aliphatic heterocycles. The van der Waals surface area contributed by atoms with Crippen molar-refractivity contribution in [1.29, 1.82) is 0 Å². The first-order valence-corrected chi connectivity index (χ1v) is 12.5. The Labute approximate surface area is 191 Å². The molecule has 0 amide bonds. The summed E-state index contributed by atoms with van der Waals surface area (Å²) in [6, 6.07) is 26.2. The summed E-state index contributed by atoms with van der Waals surface area (Å²) in [4.78, 5) is 2.62. The molecule has 3 aromatic carbocycles. The normalized spacial score (nSPS) is 15.7. The lowest BCUT2D eigenvalue weighted by atomic mass is 9.96. The molecule has 0 unspecified atom stereocenters. The molecular weight excluding hydrogens is 420 g/mol. The van der Waals surface area contributed by atoms with Crippen LogP contribution in [0.3, 0.4) is 0 Å². The number of aryl methyl sites for hydroxylation is 1. The van der Waals surface area contributed by atoms with Gasteiger partial charge in [-0.15, -0.1) is 0 Å². The molecule has 168 valence electrons. The van der Waals surface area contributed by atoms with Gasteiger partial charge in [-0.25, -0.2) is 8.42 Å². The van der Waals surface area contributed by atoms with Crippen LogP contribution in [0.5, 0.6) is 5.75 Å². The summed E-state index contributed by atoms with van der Waals surface area (Å²) >= 11 is 0. The average molecular weight is 451 g/mol. The van der Waals surface area contributed by atoms with Gasteiger partial charge in [0, 0.05) is 26.2 Å². The lowest BCUT2D eigenvalue weighted by molar-refractivity contribution is 0.155. The minimum atomic E-state index is -3.63. The first-order chi connectivity index (χ1) is 15.5. The molecule has 1 heterocycles. The summed E-state index contributed by atoms with van der Waals surface area (Å²) < 4.78 is 34.1. The lowest BCUT2D eigenvalue weighted by Crippen LogP contribution is -2.49. The van der Waals surface area contributed by atoms with Crippen LogP contribution < -0.4 is 4.74 Å². The van der Waals surface area contributed by atoms with Crippen molar-refractivity contribution in [2.75, 3.05) is 32.8 Å². The second-order valence-corrected chi connectivity index (χ2v) is 9.95. The minimum Gasteiger partial charge on any atom is -0.492 e. The van der Waals surface area contributed by atoms with Gasteiger partial charge in [0.25, 0.3) is 0 Å². The van der Waals surface area contributed by atoms with Gasteiger partial charge in [0.1, 0.15) is 10.6 Å². The van der Waals surface area contributed by atoms with Crippen molar-refractivity contribution >= 4 is 10.0 Å². The average Bonchev–Trinajstić information content (AvgIpc) is 2.81. The molecule has 0 aromatic heterocycles. The maximum atomic E-state index is 13.4. The summed E-state index contributed by atoms with van der Waals surface area (Å²) in [5.74, 6) is 0.432. The maximum absolute atomic E-state index is 13.4. The predicted molar refractivity (Wildman–Crippen MR) is 127 cm³/mol. The number of ether oxygens (including phenoxy) is 1. The monoisotopic (exact) mass is 450 g/mol. The molecule has 4 rings (SSSR count). The van der Waals surface area contributed by atoms with E-state index in [0.717, 1.165) is 5.56 Å². The van der Waals surface area contributed by atoms with Gasteiger partial charge >= 0.3 is 0 Å². The summed E-state index contributed by atoms with van der Waals surface area (Å²) in [6.45, 7) is 6.42. The van der Waals surface area contributed by atoms with Gasteiger partial charge in [-0.05, 0) is 42.7 Å². The Bertz CT molecular complexity index is 1090. The van der Waals surface area contributed by atoms with Crippen LogP contribution >= 0.6 is 0 Å². The number of sulfonamides is 1. The van der Waals surface area contributed by atoms with Gasteiger partial charge in [0.05, 0.1) is 12.6 Å². The predicted octanol–water partition coefficient (Wildman–Crippen LogP) is 4.49. The molecule has 6 heteroatoms. The number of rotatable bonds is 7. The third-order valence-electron chi connectivity index (χ3n) is 5.89. The van der Waals surface area contributed by atoms with E-state index in [2.05, 4.69) is 53.4 Å². The van der Waals surface area contributed by atoms with Crippen LogP contribution in [-0.4, -0.2) is 50.4 Å². The first kappa shape index (κ1) is 22.5. The molecule has 0 spiro atoms. The number of benzene rings is 3. The SMILES string of the molecule is CCOc1cc(C)ccc1S(=O)(=O)N1CCN(C(c2ccccc2)c2ccccc2)CC1. The quantitative estimate of drug-likeness (QED) is 0.532. The standard InChI is InChI=1S/C26H30N2O3S/c1-3-31-24-20-21(2)14-15-25(24)32(29,30)28-18-16-27(17-19-28)26(22-10-6-4-7-11-22)23-12-8-5-9-13-23/h4-15,20,26H,3,16-19H2,1-2H3. The summed E-state index contributed by atoms with van der Waals surface area (Å²) in [7, 11) is -3.63. The zero-order valence-electron chi connectivity index (χ0n) is 18.6. The van der Waals surface area contributed by atoms with Crippen molar-refractivity contribution in [2.45, 2.75) is 24.8 Å². The van der Waals surface area contributed by atoms with Crippen molar-refractivity contribution in [3.05, 3.63) is 95.6 Å². The Hall–Kier alpha value is -2.67. The van der Waals surface area contributed by atoms with E-state index in [4.69, 9.17) is 4.74 Å². The summed E-state index contributed by atoms with van der Waals surface area (Å²) in [6.07, 6.45) is 0. The molecular formula is C26H30N2O3S. The van der Waals surface area contributed by atoms with Crippen molar-refractivity contribution in [2.24, 2.45) is 0 Å². The molecule has 3 aromatic rings. The third-order valence-corrected chi connectivity index (χ3v) is 7.82. The summed E-state index contributed by atoms with van der Waals surface area (Å²) in [5.41, 5.74) is 3.41. The van der Waals surface area contributed by atoms with Crippen LogP contribution in [0.2, 0.25) is 0 Å². The fourth-order valence-corrected chi connectivity index (χ4v) is 5.86. The zero-order valence-corrected chi connectivity index (χ0v) is 19.5. The Morgan fingerprint density at radius 1 is 0.844 bits per heavy atom. The molecule has 0 saturated carbocycles. The molecule has 0 bridgehead atoms. The van der Waals surface area contributed by atoms with Crippen molar-refractivity contribution < 1.29 is 13.2 Å². The number of nitrogens with zero attached hydrogens (tertiary/aromatic N) is 2. The van der Waals surface area contributed by atoms with E-state index in [0.29, 0.717) is 38.5 Å². The summed E-state index contributed by atoms with van der Waals surface area (Å²) in [5, 5.41) is 0. The maximum Gasteiger partial charge on any atom is 0.246 e. The second-order valence-electron chi connectivity index (χ2n) is 8.05. The van der Waals surface area contributed by atoms with Crippen LogP contribution in [0.4, 0.5) is 0 Å². The number of hydrogen-bond acceptors (Lipinski definition) is 4. The van der Waals surface area contributed by atoms with Gasteiger partial charge < -0.3 is 4.74 Å². The number of piperazine rings is 1. The van der Waals surface area contributed by atoms with Gasteiger partial charge in [-0.1, -0.05) is 66.7 Å². The third kappa shape index (κ3) is 4.72. The molecule has 0 radical (unpaired) electrons. The van der Waals surface area contributed by atoms with E-state index in [1.165, 1.54) is 11.1 Å². The van der Waals surface area contributed by atoms with Crippen LogP contribution in [0.15, 0.2) is 83.8 Å². The zero-order chi connectivity index (χ0) is 22.6. The van der Waals surface area contributed by atoms with Crippen molar-refractivity contribution in [3.8, 4) is 5.75 Å². The Kier molecular flexibility index (Phi) is 6.94. The highest BCUT2D eigenvalue weighted by atomic mass is 32.2. The van der Waals surface area contributed by atoms with Crippen LogP contribution in [0, 0.1) is 6.92 Å². The van der Waals surface area contributed by atoms with Crippen molar-refractivity contribution in [1.82, 2.24) is 9.21 Å². The highest BCUT2D eigenvalue weighted by Gasteiger charge is 2.33. The molecule has 5 nitrogen and oxygen atoms in total. The van der Waals surface area contributed by atoms with Crippen molar-refractivity contribution in [3.63, 3.8) is 0 Å². The van der Waals surface area contributed by atoms with Gasteiger partial charge in [-0.3, -0.25) is 4.90 Å². The Balaban J connectivity index is 1.57. The highest BCUT2D eigenvalue weighted by molar-refractivity contribution is 7.89. The molecule has 0 N–H and O–H groups in total. The Morgan fingerprint density at radius 2 is 1.41 bits per heavy atom. The number of hydrogen-bond donors (Lipinski definition) is 0. The second kappa shape index (κ2) is 9.86. The fraction of sp³-hybridized carbons (Fsp3) is 0.308. The topological polar surface area (TPSA) is 49.9 Å². The Morgan fingerprint density at radius 3 is 1.94 bits per heavy atom. The van der Waals surface area contributed by atoms with Gasteiger partial charge in [0.2, 0.25) is 10.0 Å². The molecule has 0 aliphatic carbocycles. The van der Waals surface area contributed by atoms with Crippen LogP contribution in [0.25, 0.3) is 0 Å². The molecule has 1 aliphatic rings. The molecule has 32 heavy (non-hydrogen) atoms. The molecule has 0 atom stereocenters. The first-order valence-electron chi connectivity index (χ1n) is 11.1. The highest BCUT2D eigenvalue weighted by Crippen LogP contribution is 2.32. The minimum absolute atomic E-state index is 0.0978. The smallest absolute Gasteiger partial charge is 0.246 e. The van der Waals surface area contributed by atoms with Gasteiger partial charge in [-0.2, -0.15) is 4.31 Å². The van der Waals surface area contributed by atoms with E-state index in [9.17, 15) is 8.42 Å². The van der Waals surface area contributed by atoms with Gasteiger partial charge in [0.15, 0.2) is 0 Å². The lowest BCUT2D eigenvalue weighted by Gasteiger charge is -2.39. The van der Waals surface area contributed by atoms with E-state index in [1.54, 1.807) is 16.4 Å². The molecule has 1 fully saturated rings. The van der Waals surface area contributed by atoms with E-state index >= 15 is 0 Å². The van der Waals surface area contributed by atoms with E-state index in [-0.39, 0.29) is 10.9 Å². The van der Waals surface area contributed by atoms with E-state index < -0.39 is 10.0 Å². The fourth-order valence-electron chi connectivity index (χ4n) is 4.32. The van der Waals surface area contributed by atoms with Crippen LogP contribution in [0.1, 0.15) is 29.7 Å². The molecule has 1 saturated heterocycles. The van der Waals surface area contributed by atoms with E-state index in [1.807, 2.05) is 32.0 Å².